The van der Waals surface area contributed by atoms with Crippen LogP contribution in [0.4, 0.5) is 0 Å². The molecule has 1 amide bonds. The van der Waals surface area contributed by atoms with Gasteiger partial charge in [0.25, 0.3) is 5.56 Å². The van der Waals surface area contributed by atoms with Crippen molar-refractivity contribution in [2.45, 2.75) is 25.9 Å². The van der Waals surface area contributed by atoms with E-state index in [1.807, 2.05) is 32.9 Å². The summed E-state index contributed by atoms with van der Waals surface area (Å²) >= 11 is 2.62. The second-order valence-electron chi connectivity index (χ2n) is 6.49. The van der Waals surface area contributed by atoms with E-state index in [1.54, 1.807) is 12.2 Å². The molecule has 0 fully saturated rings. The zero-order chi connectivity index (χ0) is 21.3. The lowest BCUT2D eigenvalue weighted by Gasteiger charge is -2.06. The van der Waals surface area contributed by atoms with Crippen LogP contribution in [-0.4, -0.2) is 36.5 Å². The summed E-state index contributed by atoms with van der Waals surface area (Å²) in [5, 5.41) is 7.81. The van der Waals surface area contributed by atoms with Gasteiger partial charge in [-0.1, -0.05) is 11.8 Å². The highest BCUT2D eigenvalue weighted by atomic mass is 32.2. The number of furan rings is 1. The molecule has 0 bridgehead atoms. The van der Waals surface area contributed by atoms with Crippen molar-refractivity contribution in [2.24, 2.45) is 0 Å². The van der Waals surface area contributed by atoms with E-state index in [2.05, 4.69) is 25.6 Å². The molecule has 4 aromatic heterocycles. The number of aromatic amines is 1. The van der Waals surface area contributed by atoms with Crippen LogP contribution in [-0.2, 0) is 4.79 Å². The molecule has 11 heteroatoms. The molecule has 0 radical (unpaired) electrons. The third-order valence-electron chi connectivity index (χ3n) is 4.32. The van der Waals surface area contributed by atoms with Gasteiger partial charge in [-0.15, -0.1) is 16.4 Å². The molecule has 0 saturated carbocycles. The van der Waals surface area contributed by atoms with Crippen LogP contribution >= 0.6 is 23.1 Å². The topological polar surface area (TPSA) is 119 Å². The van der Waals surface area contributed by atoms with Crippen LogP contribution in [0.1, 0.15) is 27.8 Å². The number of thioether (sulfide) groups is 1. The summed E-state index contributed by atoms with van der Waals surface area (Å²) in [4.78, 5) is 35.2. The van der Waals surface area contributed by atoms with Crippen LogP contribution < -0.4 is 11.0 Å². The third-order valence-corrected chi connectivity index (χ3v) is 6.28. The van der Waals surface area contributed by atoms with Crippen LogP contribution in [0.2, 0.25) is 0 Å². The molecule has 2 N–H and O–H groups in total. The Morgan fingerprint density at radius 2 is 2.17 bits per heavy atom. The minimum absolute atomic E-state index is 0.0461. The van der Waals surface area contributed by atoms with E-state index < -0.39 is 0 Å². The molecule has 0 spiro atoms. The second-order valence-corrected chi connectivity index (χ2v) is 8.64. The van der Waals surface area contributed by atoms with Gasteiger partial charge in [0.05, 0.1) is 11.1 Å². The Kier molecular flexibility index (Phi) is 5.55. The summed E-state index contributed by atoms with van der Waals surface area (Å²) < 4.78 is 6.57. The van der Waals surface area contributed by atoms with Crippen LogP contribution in [0.25, 0.3) is 22.4 Å². The average Bonchev–Trinajstić information content (AvgIpc) is 3.41. The fraction of sp³-hybridized carbons (Fsp3) is 0.211. The molecule has 0 aliphatic carbocycles. The molecule has 4 rings (SSSR count). The van der Waals surface area contributed by atoms with Crippen molar-refractivity contribution in [1.82, 2.24) is 24.8 Å². The number of amides is 1. The van der Waals surface area contributed by atoms with Crippen molar-refractivity contribution in [3.8, 4) is 0 Å². The van der Waals surface area contributed by atoms with Crippen LogP contribution in [0.3, 0.4) is 0 Å². The van der Waals surface area contributed by atoms with Crippen molar-refractivity contribution in [3.63, 3.8) is 0 Å². The molecular weight excluding hydrogens is 424 g/mol. The number of H-pyrrole nitrogens is 1. The molecule has 0 aromatic carbocycles. The van der Waals surface area contributed by atoms with Crippen molar-refractivity contribution < 1.29 is 9.21 Å². The van der Waals surface area contributed by atoms with E-state index in [1.165, 1.54) is 17.7 Å². The highest BCUT2D eigenvalue weighted by molar-refractivity contribution is 7.99. The zero-order valence-electron chi connectivity index (χ0n) is 16.4. The molecule has 0 saturated heterocycles. The van der Waals surface area contributed by atoms with E-state index in [4.69, 9.17) is 4.42 Å². The maximum atomic E-state index is 12.6. The average molecular weight is 443 g/mol. The minimum atomic E-state index is -0.360. The lowest BCUT2D eigenvalue weighted by molar-refractivity contribution is -0.114. The van der Waals surface area contributed by atoms with E-state index in [0.717, 1.165) is 32.6 Å². The molecule has 0 aliphatic heterocycles. The van der Waals surface area contributed by atoms with Gasteiger partial charge in [0.2, 0.25) is 11.1 Å². The van der Waals surface area contributed by atoms with E-state index in [0.29, 0.717) is 27.0 Å². The van der Waals surface area contributed by atoms with Gasteiger partial charge in [-0.3, -0.25) is 20.1 Å². The molecule has 4 aromatic rings. The fourth-order valence-electron chi connectivity index (χ4n) is 2.71. The van der Waals surface area contributed by atoms with E-state index >= 15 is 0 Å². The Bertz CT molecular complexity index is 1310. The smallest absolute Gasteiger partial charge is 0.281 e. The Balaban J connectivity index is 1.37. The van der Waals surface area contributed by atoms with Gasteiger partial charge in [-0.05, 0) is 50.6 Å². The number of thiophene rings is 1. The number of rotatable bonds is 6. The number of aryl methyl sites for hydroxylation is 3. The molecular formula is C19H18N6O3S2. The van der Waals surface area contributed by atoms with Crippen molar-refractivity contribution in [3.05, 3.63) is 56.6 Å². The fourth-order valence-corrected chi connectivity index (χ4v) is 4.30. The standard InChI is InChI=1S/C19H18N6O3S2/c1-10-4-5-13(28-10)6-7-14-21-19(23-22-14)29-8-15(26)24-25-9-20-17-16(18(25)27)11(2)12(3)30-17/h4-7,9H,8H2,1-3H3,(H,24,26)(H,21,22,23)/b7-6+. The van der Waals surface area contributed by atoms with Gasteiger partial charge in [-0.2, -0.15) is 0 Å². The number of carbonyl (C=O) groups is 1. The Labute approximate surface area is 179 Å². The first-order valence-electron chi connectivity index (χ1n) is 8.97. The quantitative estimate of drug-likeness (QED) is 0.440. The summed E-state index contributed by atoms with van der Waals surface area (Å²) in [6.07, 6.45) is 4.84. The van der Waals surface area contributed by atoms with Crippen molar-refractivity contribution >= 4 is 51.4 Å². The summed E-state index contributed by atoms with van der Waals surface area (Å²) in [7, 11) is 0. The lowest BCUT2D eigenvalue weighted by atomic mass is 10.2. The van der Waals surface area contributed by atoms with Crippen LogP contribution in [0.5, 0.6) is 0 Å². The summed E-state index contributed by atoms with van der Waals surface area (Å²) in [5.74, 6) is 1.77. The predicted octanol–water partition coefficient (Wildman–Crippen LogP) is 3.13. The number of aromatic nitrogens is 5. The number of carbonyl (C=O) groups excluding carboxylic acids is 1. The molecule has 9 nitrogen and oxygen atoms in total. The highest BCUT2D eigenvalue weighted by Crippen LogP contribution is 2.25. The van der Waals surface area contributed by atoms with Gasteiger partial charge in [0.15, 0.2) is 0 Å². The lowest BCUT2D eigenvalue weighted by Crippen LogP contribution is -2.34. The summed E-state index contributed by atoms with van der Waals surface area (Å²) in [5.41, 5.74) is 3.15. The van der Waals surface area contributed by atoms with Gasteiger partial charge in [-0.25, -0.2) is 14.6 Å². The first kappa shape index (κ1) is 20.1. The van der Waals surface area contributed by atoms with Crippen molar-refractivity contribution in [2.75, 3.05) is 11.2 Å². The molecule has 0 aliphatic rings. The number of hydrogen-bond donors (Lipinski definition) is 2. The number of fused-ring (bicyclic) bond motifs is 1. The Morgan fingerprint density at radius 3 is 2.93 bits per heavy atom. The molecule has 0 atom stereocenters. The Morgan fingerprint density at radius 1 is 1.33 bits per heavy atom. The number of nitrogens with one attached hydrogen (secondary N) is 2. The minimum Gasteiger partial charge on any atom is -0.462 e. The molecule has 4 heterocycles. The van der Waals surface area contributed by atoms with Gasteiger partial charge >= 0.3 is 0 Å². The first-order valence-corrected chi connectivity index (χ1v) is 10.8. The zero-order valence-corrected chi connectivity index (χ0v) is 18.1. The normalized spacial score (nSPS) is 11.6. The van der Waals surface area contributed by atoms with Gasteiger partial charge in [0, 0.05) is 4.88 Å². The van der Waals surface area contributed by atoms with Crippen molar-refractivity contribution in [1.29, 1.82) is 0 Å². The Hall–Kier alpha value is -3.18. The maximum absolute atomic E-state index is 12.6. The third kappa shape index (κ3) is 4.21. The predicted molar refractivity (Wildman–Crippen MR) is 117 cm³/mol. The largest absolute Gasteiger partial charge is 0.462 e. The van der Waals surface area contributed by atoms with Crippen LogP contribution in [0, 0.1) is 20.8 Å². The molecule has 154 valence electrons. The SMILES string of the molecule is Cc1ccc(/C=C/c2nc(SCC(=O)Nn3cnc4sc(C)c(C)c4c3=O)n[nH]2)o1. The molecule has 30 heavy (non-hydrogen) atoms. The first-order chi connectivity index (χ1) is 14.4. The van der Waals surface area contributed by atoms with E-state index in [9.17, 15) is 9.59 Å². The number of nitrogens with zero attached hydrogens (tertiary/aromatic N) is 4. The summed E-state index contributed by atoms with van der Waals surface area (Å²) in [6, 6.07) is 3.73. The second kappa shape index (κ2) is 8.28. The summed E-state index contributed by atoms with van der Waals surface area (Å²) in [6.45, 7) is 5.69. The maximum Gasteiger partial charge on any atom is 0.281 e. The van der Waals surface area contributed by atoms with Crippen LogP contribution in [0.15, 0.2) is 32.8 Å². The number of hydrogen-bond acceptors (Lipinski definition) is 8. The van der Waals surface area contributed by atoms with Gasteiger partial charge < -0.3 is 4.42 Å². The van der Waals surface area contributed by atoms with E-state index in [-0.39, 0.29) is 17.2 Å². The highest BCUT2D eigenvalue weighted by Gasteiger charge is 2.14. The monoisotopic (exact) mass is 442 g/mol. The van der Waals surface area contributed by atoms with Gasteiger partial charge in [0.1, 0.15) is 28.5 Å². The molecule has 0 unspecified atom stereocenters.